The molecule has 0 saturated carbocycles. The third kappa shape index (κ3) is 14.0. The van der Waals surface area contributed by atoms with Crippen LogP contribution in [0.25, 0.3) is 0 Å². The summed E-state index contributed by atoms with van der Waals surface area (Å²) in [4.78, 5) is 25.8. The van der Waals surface area contributed by atoms with Gasteiger partial charge >= 0.3 is 5.97 Å². The van der Waals surface area contributed by atoms with Gasteiger partial charge in [0.05, 0.1) is 6.42 Å². The van der Waals surface area contributed by atoms with Crippen LogP contribution in [0.3, 0.4) is 0 Å². The van der Waals surface area contributed by atoms with E-state index in [2.05, 4.69) is 69.2 Å². The van der Waals surface area contributed by atoms with Crippen LogP contribution in [0.5, 0.6) is 0 Å². The van der Waals surface area contributed by atoms with Crippen LogP contribution in [0.15, 0.2) is 0 Å². The molecule has 0 saturated heterocycles. The van der Waals surface area contributed by atoms with E-state index in [1.165, 1.54) is 0 Å². The molecule has 0 aliphatic carbocycles. The Morgan fingerprint density at radius 1 is 0.643 bits per heavy atom. The Morgan fingerprint density at radius 2 is 1.00 bits per heavy atom. The average molecular weight is 398 g/mol. The molecule has 1 amide bonds. The molecule has 0 aromatic rings. The molecule has 4 heteroatoms. The van der Waals surface area contributed by atoms with Crippen LogP contribution in [-0.4, -0.2) is 35.0 Å². The van der Waals surface area contributed by atoms with Crippen molar-refractivity contribution in [3.63, 3.8) is 0 Å². The number of carbonyl (C=O) groups is 2. The zero-order chi connectivity index (χ0) is 22.4. The highest BCUT2D eigenvalue weighted by Gasteiger charge is 2.31. The van der Waals surface area contributed by atoms with E-state index in [4.69, 9.17) is 5.11 Å². The molecule has 0 heterocycles. The van der Waals surface area contributed by atoms with Gasteiger partial charge < -0.3 is 10.0 Å². The lowest BCUT2D eigenvalue weighted by atomic mass is 9.78. The van der Waals surface area contributed by atoms with E-state index in [-0.39, 0.29) is 40.4 Å². The van der Waals surface area contributed by atoms with Crippen LogP contribution in [0.2, 0.25) is 0 Å². The second kappa shape index (κ2) is 10.1. The molecule has 0 aromatic heterocycles. The number of carbonyl (C=O) groups excluding carboxylic acids is 1. The zero-order valence-corrected chi connectivity index (χ0v) is 20.4. The number of hydrogen-bond acceptors (Lipinski definition) is 2. The van der Waals surface area contributed by atoms with Gasteiger partial charge in [-0.1, -0.05) is 69.2 Å². The number of carboxylic acids is 1. The number of amides is 1. The SMILES string of the molecule is CC(C)(C)CCC(C)(C)CN(CC(C)(C)CCC(C)(C)C)C(=O)CCC(=O)O. The minimum absolute atomic E-state index is 0.00622. The van der Waals surface area contributed by atoms with E-state index in [1.807, 2.05) is 4.90 Å². The van der Waals surface area contributed by atoms with Crippen LogP contribution >= 0.6 is 0 Å². The van der Waals surface area contributed by atoms with E-state index in [0.717, 1.165) is 25.7 Å². The molecule has 166 valence electrons. The first-order valence-electron chi connectivity index (χ1n) is 10.8. The molecule has 1 N–H and O–H groups in total. The highest BCUT2D eigenvalue weighted by atomic mass is 16.4. The van der Waals surface area contributed by atoms with Crippen molar-refractivity contribution in [2.75, 3.05) is 13.1 Å². The normalized spacial score (nSPS) is 13.5. The van der Waals surface area contributed by atoms with Gasteiger partial charge in [0.25, 0.3) is 0 Å². The number of rotatable bonds is 11. The molecule has 0 rings (SSSR count). The van der Waals surface area contributed by atoms with Crippen molar-refractivity contribution >= 4 is 11.9 Å². The number of nitrogens with zero attached hydrogens (tertiary/aromatic N) is 1. The van der Waals surface area contributed by atoms with Gasteiger partial charge in [-0.05, 0) is 47.3 Å². The van der Waals surface area contributed by atoms with Gasteiger partial charge in [-0.2, -0.15) is 0 Å². The molecule has 0 atom stereocenters. The van der Waals surface area contributed by atoms with E-state index < -0.39 is 5.97 Å². The fraction of sp³-hybridized carbons (Fsp3) is 0.917. The highest BCUT2D eigenvalue weighted by Crippen LogP contribution is 2.34. The van der Waals surface area contributed by atoms with Crippen molar-refractivity contribution in [3.8, 4) is 0 Å². The van der Waals surface area contributed by atoms with Crippen LogP contribution < -0.4 is 0 Å². The summed E-state index contributed by atoms with van der Waals surface area (Å²) >= 11 is 0. The first kappa shape index (κ1) is 26.9. The lowest BCUT2D eigenvalue weighted by Gasteiger charge is -2.39. The smallest absolute Gasteiger partial charge is 0.303 e. The Balaban J connectivity index is 5.23. The van der Waals surface area contributed by atoms with Crippen LogP contribution in [-0.2, 0) is 9.59 Å². The maximum Gasteiger partial charge on any atom is 0.303 e. The maximum atomic E-state index is 12.9. The fourth-order valence-corrected chi connectivity index (χ4v) is 3.22. The van der Waals surface area contributed by atoms with Crippen molar-refractivity contribution in [2.24, 2.45) is 21.7 Å². The number of hydrogen-bond donors (Lipinski definition) is 1. The minimum Gasteiger partial charge on any atom is -0.481 e. The van der Waals surface area contributed by atoms with Crippen molar-refractivity contribution in [2.45, 2.75) is 108 Å². The maximum absolute atomic E-state index is 12.9. The third-order valence-electron chi connectivity index (χ3n) is 5.25. The molecule has 0 unspecified atom stereocenters. The monoisotopic (exact) mass is 397 g/mol. The van der Waals surface area contributed by atoms with Crippen molar-refractivity contribution in [1.82, 2.24) is 4.90 Å². The largest absolute Gasteiger partial charge is 0.481 e. The first-order chi connectivity index (χ1) is 12.3. The molecule has 0 bridgehead atoms. The Bertz CT molecular complexity index is 475. The molecule has 28 heavy (non-hydrogen) atoms. The predicted molar refractivity (Wildman–Crippen MR) is 118 cm³/mol. The van der Waals surface area contributed by atoms with E-state index in [0.29, 0.717) is 13.1 Å². The van der Waals surface area contributed by atoms with E-state index >= 15 is 0 Å². The molecule has 0 radical (unpaired) electrons. The van der Waals surface area contributed by atoms with Crippen LogP contribution in [0.4, 0.5) is 0 Å². The Labute approximate surface area is 174 Å². The summed E-state index contributed by atoms with van der Waals surface area (Å²) in [7, 11) is 0. The van der Waals surface area contributed by atoms with Crippen molar-refractivity contribution in [1.29, 1.82) is 0 Å². The lowest BCUT2D eigenvalue weighted by molar-refractivity contribution is -0.142. The zero-order valence-electron chi connectivity index (χ0n) is 20.4. The van der Waals surface area contributed by atoms with Gasteiger partial charge in [0.15, 0.2) is 0 Å². The third-order valence-corrected chi connectivity index (χ3v) is 5.25. The minimum atomic E-state index is -0.910. The molecule has 0 aromatic carbocycles. The summed E-state index contributed by atoms with van der Waals surface area (Å²) in [6.45, 7) is 23.7. The van der Waals surface area contributed by atoms with Crippen molar-refractivity contribution < 1.29 is 14.7 Å². The standard InChI is InChI=1S/C24H47NO3/c1-21(2,3)13-15-23(7,8)17-25(19(26)11-12-20(27)28)18-24(9,10)16-14-22(4,5)6/h11-18H2,1-10H3,(H,27,28). The summed E-state index contributed by atoms with van der Waals surface area (Å²) < 4.78 is 0. The summed E-state index contributed by atoms with van der Waals surface area (Å²) in [6.07, 6.45) is 4.28. The molecule has 0 spiro atoms. The summed E-state index contributed by atoms with van der Waals surface area (Å²) in [5, 5.41) is 8.99. The van der Waals surface area contributed by atoms with Crippen molar-refractivity contribution in [3.05, 3.63) is 0 Å². The quantitative estimate of drug-likeness (QED) is 0.440. The second-order valence-corrected chi connectivity index (χ2v) is 12.6. The van der Waals surface area contributed by atoms with Gasteiger partial charge in [0.1, 0.15) is 0 Å². The summed E-state index contributed by atoms with van der Waals surface area (Å²) in [5.74, 6) is -0.942. The molecule has 0 fully saturated rings. The summed E-state index contributed by atoms with van der Waals surface area (Å²) in [6, 6.07) is 0. The fourth-order valence-electron chi connectivity index (χ4n) is 3.22. The Kier molecular flexibility index (Phi) is 9.73. The number of carboxylic acid groups (broad SMARTS) is 1. The first-order valence-corrected chi connectivity index (χ1v) is 10.8. The van der Waals surface area contributed by atoms with Gasteiger partial charge in [-0.15, -0.1) is 0 Å². The Morgan fingerprint density at radius 3 is 1.29 bits per heavy atom. The topological polar surface area (TPSA) is 57.6 Å². The molecular formula is C24H47NO3. The molecule has 0 aliphatic rings. The van der Waals surface area contributed by atoms with Gasteiger partial charge in [-0.25, -0.2) is 0 Å². The lowest BCUT2D eigenvalue weighted by Crippen LogP contribution is -2.44. The summed E-state index contributed by atoms with van der Waals surface area (Å²) in [5.41, 5.74) is 0.543. The molecular weight excluding hydrogens is 350 g/mol. The van der Waals surface area contributed by atoms with Gasteiger partial charge in [0, 0.05) is 19.5 Å². The predicted octanol–water partition coefficient (Wildman–Crippen LogP) is 6.38. The second-order valence-electron chi connectivity index (χ2n) is 12.6. The van der Waals surface area contributed by atoms with Gasteiger partial charge in [-0.3, -0.25) is 9.59 Å². The van der Waals surface area contributed by atoms with Crippen LogP contribution in [0, 0.1) is 21.7 Å². The Hall–Kier alpha value is -1.06. The van der Waals surface area contributed by atoms with Gasteiger partial charge in [0.2, 0.25) is 5.91 Å². The van der Waals surface area contributed by atoms with E-state index in [1.54, 1.807) is 0 Å². The number of aliphatic carboxylic acids is 1. The molecule has 0 aliphatic heterocycles. The van der Waals surface area contributed by atoms with E-state index in [9.17, 15) is 9.59 Å². The highest BCUT2D eigenvalue weighted by molar-refractivity contribution is 5.80. The molecule has 4 nitrogen and oxygen atoms in total. The average Bonchev–Trinajstić information content (AvgIpc) is 2.46. The van der Waals surface area contributed by atoms with Crippen LogP contribution in [0.1, 0.15) is 108 Å².